The van der Waals surface area contributed by atoms with Crippen LogP contribution < -0.4 is 5.32 Å². The van der Waals surface area contributed by atoms with Gasteiger partial charge in [0.1, 0.15) is 5.65 Å². The largest absolute Gasteiger partial charge is 0.346 e. The zero-order valence-corrected chi connectivity index (χ0v) is 14.9. The third-order valence-corrected chi connectivity index (χ3v) is 4.90. The molecule has 27 heavy (non-hydrogen) atoms. The minimum atomic E-state index is 0.329. The van der Waals surface area contributed by atoms with Gasteiger partial charge in [0, 0.05) is 30.1 Å². The summed E-state index contributed by atoms with van der Waals surface area (Å²) in [6.45, 7) is 1.95. The number of aliphatic imine (C=N–C) groups is 1. The molecule has 7 nitrogen and oxygen atoms in total. The number of hydrogen-bond donors (Lipinski definition) is 3. The number of rotatable bonds is 4. The molecule has 1 atom stereocenters. The van der Waals surface area contributed by atoms with E-state index in [4.69, 9.17) is 4.99 Å². The highest BCUT2D eigenvalue weighted by atomic mass is 15.2. The smallest absolute Gasteiger partial charge is 0.232 e. The molecule has 4 aromatic rings. The van der Waals surface area contributed by atoms with Crippen molar-refractivity contribution in [3.63, 3.8) is 0 Å². The third kappa shape index (κ3) is 2.97. The van der Waals surface area contributed by atoms with Crippen LogP contribution in [-0.2, 0) is 6.42 Å². The SMILES string of the molecule is Cc1cc(Nc2nc(N=CC3CCc4ccccc43)c3cc[nH]c3n2)n[nH]1. The zero-order chi connectivity index (χ0) is 18.2. The monoisotopic (exact) mass is 357 g/mol. The summed E-state index contributed by atoms with van der Waals surface area (Å²) >= 11 is 0. The van der Waals surface area contributed by atoms with Gasteiger partial charge in [-0.3, -0.25) is 5.10 Å². The minimum Gasteiger partial charge on any atom is -0.346 e. The molecule has 0 saturated carbocycles. The molecule has 0 spiro atoms. The van der Waals surface area contributed by atoms with E-state index in [1.165, 1.54) is 11.1 Å². The van der Waals surface area contributed by atoms with E-state index in [0.717, 1.165) is 29.6 Å². The van der Waals surface area contributed by atoms with Gasteiger partial charge in [0.2, 0.25) is 5.95 Å². The van der Waals surface area contributed by atoms with Crippen LogP contribution in [0, 0.1) is 6.92 Å². The standard InChI is InChI=1S/C20H19N7/c1-12-10-17(27-26-12)23-20-24-18-16(8-9-21-18)19(25-20)22-11-14-7-6-13-4-2-3-5-15(13)14/h2-5,8-11,14H,6-7H2,1H3,(H3,21,23,24,25,26,27). The number of fused-ring (bicyclic) bond motifs is 2. The Morgan fingerprint density at radius 1 is 1.22 bits per heavy atom. The second-order valence-electron chi connectivity index (χ2n) is 6.79. The maximum Gasteiger partial charge on any atom is 0.232 e. The average Bonchev–Trinajstić information content (AvgIpc) is 3.40. The number of aromatic nitrogens is 5. The number of aromatic amines is 2. The van der Waals surface area contributed by atoms with E-state index in [9.17, 15) is 0 Å². The lowest BCUT2D eigenvalue weighted by Gasteiger charge is -2.06. The number of hydrogen-bond acceptors (Lipinski definition) is 5. The van der Waals surface area contributed by atoms with E-state index in [1.54, 1.807) is 0 Å². The fraction of sp³-hybridized carbons (Fsp3) is 0.200. The molecule has 1 aromatic carbocycles. The van der Waals surface area contributed by atoms with E-state index in [1.807, 2.05) is 31.5 Å². The number of H-pyrrole nitrogens is 2. The molecule has 1 aliphatic carbocycles. The van der Waals surface area contributed by atoms with Crippen molar-refractivity contribution in [3.8, 4) is 0 Å². The van der Waals surface area contributed by atoms with Crippen LogP contribution in [-0.4, -0.2) is 31.4 Å². The predicted octanol–water partition coefficient (Wildman–Crippen LogP) is 4.17. The molecule has 3 aromatic heterocycles. The van der Waals surface area contributed by atoms with E-state index in [0.29, 0.717) is 23.5 Å². The second kappa shape index (κ2) is 6.35. The Bertz CT molecular complexity index is 1140. The Kier molecular flexibility index (Phi) is 3.71. The summed E-state index contributed by atoms with van der Waals surface area (Å²) in [6.07, 6.45) is 6.05. The minimum absolute atomic E-state index is 0.329. The Balaban J connectivity index is 1.48. The molecule has 0 bridgehead atoms. The molecule has 0 aliphatic heterocycles. The number of benzene rings is 1. The summed E-state index contributed by atoms with van der Waals surface area (Å²) in [5.74, 6) is 2.13. The number of aryl methyl sites for hydroxylation is 2. The van der Waals surface area contributed by atoms with Gasteiger partial charge in [0.25, 0.3) is 0 Å². The van der Waals surface area contributed by atoms with Gasteiger partial charge in [-0.2, -0.15) is 15.1 Å². The number of nitrogens with one attached hydrogen (secondary N) is 3. The van der Waals surface area contributed by atoms with Crippen molar-refractivity contribution in [2.24, 2.45) is 4.99 Å². The van der Waals surface area contributed by atoms with Crippen LogP contribution >= 0.6 is 0 Å². The Morgan fingerprint density at radius 2 is 2.15 bits per heavy atom. The molecule has 0 fully saturated rings. The summed E-state index contributed by atoms with van der Waals surface area (Å²) in [4.78, 5) is 17.0. The third-order valence-electron chi connectivity index (χ3n) is 4.90. The van der Waals surface area contributed by atoms with Gasteiger partial charge in [-0.25, -0.2) is 4.99 Å². The normalized spacial score (nSPS) is 16.3. The molecule has 3 heterocycles. The highest BCUT2D eigenvalue weighted by Crippen LogP contribution is 2.32. The molecule has 0 radical (unpaired) electrons. The Morgan fingerprint density at radius 3 is 3.04 bits per heavy atom. The van der Waals surface area contributed by atoms with Crippen LogP contribution in [0.5, 0.6) is 0 Å². The summed E-state index contributed by atoms with van der Waals surface area (Å²) in [6, 6.07) is 12.4. The van der Waals surface area contributed by atoms with Crippen molar-refractivity contribution in [2.75, 3.05) is 5.32 Å². The van der Waals surface area contributed by atoms with Crippen LogP contribution in [0.3, 0.4) is 0 Å². The van der Waals surface area contributed by atoms with E-state index in [2.05, 4.69) is 54.7 Å². The fourth-order valence-electron chi connectivity index (χ4n) is 3.58. The van der Waals surface area contributed by atoms with Crippen molar-refractivity contribution < 1.29 is 0 Å². The number of nitrogens with zero attached hydrogens (tertiary/aromatic N) is 4. The van der Waals surface area contributed by atoms with E-state index in [-0.39, 0.29) is 0 Å². The van der Waals surface area contributed by atoms with Crippen LogP contribution in [0.2, 0.25) is 0 Å². The van der Waals surface area contributed by atoms with Crippen LogP contribution in [0.1, 0.15) is 29.2 Å². The summed E-state index contributed by atoms with van der Waals surface area (Å²) in [5, 5.41) is 11.1. The number of anilines is 2. The van der Waals surface area contributed by atoms with E-state index < -0.39 is 0 Å². The molecule has 0 amide bonds. The van der Waals surface area contributed by atoms with Gasteiger partial charge < -0.3 is 10.3 Å². The molecule has 5 rings (SSSR count). The Labute approximate surface area is 156 Å². The van der Waals surface area contributed by atoms with Gasteiger partial charge in [-0.1, -0.05) is 24.3 Å². The van der Waals surface area contributed by atoms with Crippen LogP contribution in [0.15, 0.2) is 47.6 Å². The highest BCUT2D eigenvalue weighted by molar-refractivity contribution is 5.89. The van der Waals surface area contributed by atoms with Crippen molar-refractivity contribution >= 4 is 34.8 Å². The predicted molar refractivity (Wildman–Crippen MR) is 106 cm³/mol. The molecular weight excluding hydrogens is 338 g/mol. The summed E-state index contributed by atoms with van der Waals surface area (Å²) < 4.78 is 0. The van der Waals surface area contributed by atoms with Crippen molar-refractivity contribution in [1.29, 1.82) is 0 Å². The lowest BCUT2D eigenvalue weighted by atomic mass is 10.0. The van der Waals surface area contributed by atoms with Crippen LogP contribution in [0.4, 0.5) is 17.6 Å². The van der Waals surface area contributed by atoms with Crippen molar-refractivity contribution in [3.05, 3.63) is 59.4 Å². The van der Waals surface area contributed by atoms with Gasteiger partial charge >= 0.3 is 0 Å². The maximum atomic E-state index is 4.73. The highest BCUT2D eigenvalue weighted by Gasteiger charge is 2.20. The quantitative estimate of drug-likeness (QED) is 0.478. The van der Waals surface area contributed by atoms with Gasteiger partial charge in [-0.15, -0.1) is 0 Å². The molecule has 1 unspecified atom stereocenters. The molecular formula is C20H19N7. The second-order valence-corrected chi connectivity index (χ2v) is 6.79. The zero-order valence-electron chi connectivity index (χ0n) is 14.9. The topological polar surface area (TPSA) is 94.6 Å². The first-order chi connectivity index (χ1) is 13.3. The lowest BCUT2D eigenvalue weighted by Crippen LogP contribution is -1.99. The van der Waals surface area contributed by atoms with Gasteiger partial charge in [-0.05, 0) is 37.0 Å². The van der Waals surface area contributed by atoms with Crippen molar-refractivity contribution in [1.82, 2.24) is 25.1 Å². The van der Waals surface area contributed by atoms with E-state index >= 15 is 0 Å². The molecule has 3 N–H and O–H groups in total. The summed E-state index contributed by atoms with van der Waals surface area (Å²) in [5.41, 5.74) is 4.50. The molecule has 1 aliphatic rings. The Hall–Kier alpha value is -3.48. The first kappa shape index (κ1) is 15.7. The summed E-state index contributed by atoms with van der Waals surface area (Å²) in [7, 11) is 0. The maximum absolute atomic E-state index is 4.73. The van der Waals surface area contributed by atoms with Crippen LogP contribution in [0.25, 0.3) is 11.0 Å². The molecule has 134 valence electrons. The average molecular weight is 357 g/mol. The van der Waals surface area contributed by atoms with Gasteiger partial charge in [0.15, 0.2) is 11.6 Å². The van der Waals surface area contributed by atoms with Gasteiger partial charge in [0.05, 0.1) is 5.39 Å². The lowest BCUT2D eigenvalue weighted by molar-refractivity contribution is 0.860. The molecule has 7 heteroatoms. The first-order valence-electron chi connectivity index (χ1n) is 9.02. The van der Waals surface area contributed by atoms with Crippen molar-refractivity contribution in [2.45, 2.75) is 25.7 Å². The first-order valence-corrected chi connectivity index (χ1v) is 9.02. The fourth-order valence-corrected chi connectivity index (χ4v) is 3.58. The molecule has 0 saturated heterocycles.